The number of nitrogens with one attached hydrogen (secondary N) is 2. The van der Waals surface area contributed by atoms with Gasteiger partial charge < -0.3 is 20.3 Å². The first-order valence-corrected chi connectivity index (χ1v) is 14.0. The van der Waals surface area contributed by atoms with Gasteiger partial charge >= 0.3 is 6.03 Å². The number of anilines is 1. The molecule has 3 aromatic heterocycles. The van der Waals surface area contributed by atoms with Gasteiger partial charge in [-0.15, -0.1) is 16.4 Å². The predicted molar refractivity (Wildman–Crippen MR) is 145 cm³/mol. The molecule has 2 fully saturated rings. The number of aromatic nitrogens is 4. The second kappa shape index (κ2) is 11.0. The van der Waals surface area contributed by atoms with Crippen molar-refractivity contribution in [1.82, 2.24) is 30.2 Å². The molecule has 1 saturated heterocycles. The summed E-state index contributed by atoms with van der Waals surface area (Å²) < 4.78 is 23.2. The van der Waals surface area contributed by atoms with Crippen molar-refractivity contribution in [2.75, 3.05) is 18.4 Å². The number of hydrogen-bond donors (Lipinski definition) is 2. The lowest BCUT2D eigenvalue weighted by atomic mass is 10.1. The Kier molecular flexibility index (Phi) is 7.10. The number of thiophene rings is 1. The fraction of sp³-hybridized carbons (Fsp3) is 0.370. The van der Waals surface area contributed by atoms with Gasteiger partial charge in [0, 0.05) is 49.6 Å². The maximum absolute atomic E-state index is 14.8. The molecule has 12 heteroatoms. The minimum atomic E-state index is -0.594. The van der Waals surface area contributed by atoms with E-state index in [-0.39, 0.29) is 23.7 Å². The van der Waals surface area contributed by atoms with E-state index in [1.807, 2.05) is 17.2 Å². The van der Waals surface area contributed by atoms with Crippen LogP contribution < -0.4 is 15.4 Å². The van der Waals surface area contributed by atoms with E-state index in [1.165, 1.54) is 29.9 Å². The van der Waals surface area contributed by atoms with Gasteiger partial charge in [0.1, 0.15) is 11.4 Å². The molecule has 6 rings (SSSR count). The number of carbonyl (C=O) groups excluding carboxylic acids is 2. The average molecular weight is 550 g/mol. The summed E-state index contributed by atoms with van der Waals surface area (Å²) in [6.45, 7) is 2.14. The van der Waals surface area contributed by atoms with Gasteiger partial charge in [0.2, 0.25) is 5.91 Å². The SMILES string of the molecule is O=C(Nc1ccc(Oc2ccnc3cc(-c4cn(CCC(=O)N5CCCCC5)nn4)sc23)c(F)c1)NC1CC1. The van der Waals surface area contributed by atoms with Crippen molar-refractivity contribution in [3.05, 3.63) is 48.5 Å². The Morgan fingerprint density at radius 1 is 1.10 bits per heavy atom. The first kappa shape index (κ1) is 25.2. The second-order valence-corrected chi connectivity index (χ2v) is 10.9. The molecule has 0 bridgehead atoms. The maximum atomic E-state index is 14.8. The molecule has 202 valence electrons. The number of rotatable bonds is 8. The van der Waals surface area contributed by atoms with E-state index in [0.717, 1.165) is 48.3 Å². The molecule has 4 aromatic rings. The Balaban J connectivity index is 1.13. The lowest BCUT2D eigenvalue weighted by Gasteiger charge is -2.26. The first-order chi connectivity index (χ1) is 19.0. The molecule has 2 aliphatic rings. The van der Waals surface area contributed by atoms with Crippen molar-refractivity contribution in [2.24, 2.45) is 0 Å². The summed E-state index contributed by atoms with van der Waals surface area (Å²) in [5.41, 5.74) is 1.70. The lowest BCUT2D eigenvalue weighted by molar-refractivity contribution is -0.132. The van der Waals surface area contributed by atoms with Gasteiger partial charge in [0.15, 0.2) is 11.6 Å². The molecule has 39 heavy (non-hydrogen) atoms. The quantitative estimate of drug-likeness (QED) is 0.313. The van der Waals surface area contributed by atoms with Crippen LogP contribution >= 0.6 is 11.3 Å². The van der Waals surface area contributed by atoms with Crippen LogP contribution in [0.1, 0.15) is 38.5 Å². The highest BCUT2D eigenvalue weighted by Crippen LogP contribution is 2.39. The van der Waals surface area contributed by atoms with E-state index in [4.69, 9.17) is 4.74 Å². The second-order valence-electron chi connectivity index (χ2n) is 9.81. The van der Waals surface area contributed by atoms with Gasteiger partial charge in [-0.2, -0.15) is 0 Å². The zero-order chi connectivity index (χ0) is 26.8. The third kappa shape index (κ3) is 6.00. The van der Waals surface area contributed by atoms with Gasteiger partial charge in [-0.25, -0.2) is 9.18 Å². The number of amides is 3. The number of halogens is 1. The normalized spacial score (nSPS) is 15.4. The number of pyridine rings is 1. The van der Waals surface area contributed by atoms with Crippen molar-refractivity contribution in [3.63, 3.8) is 0 Å². The van der Waals surface area contributed by atoms with E-state index < -0.39 is 5.82 Å². The van der Waals surface area contributed by atoms with Crippen LogP contribution in [0.2, 0.25) is 0 Å². The zero-order valence-corrected chi connectivity index (χ0v) is 22.0. The summed E-state index contributed by atoms with van der Waals surface area (Å²) in [6.07, 6.45) is 9.08. The van der Waals surface area contributed by atoms with Crippen LogP contribution in [-0.4, -0.2) is 55.9 Å². The average Bonchev–Trinajstić information content (AvgIpc) is 3.43. The van der Waals surface area contributed by atoms with Crippen LogP contribution in [0, 0.1) is 5.82 Å². The minimum absolute atomic E-state index is 0.0370. The Labute approximate surface area is 228 Å². The van der Waals surface area contributed by atoms with Crippen molar-refractivity contribution in [1.29, 1.82) is 0 Å². The van der Waals surface area contributed by atoms with Gasteiger partial charge in [0.05, 0.1) is 27.8 Å². The van der Waals surface area contributed by atoms with Crippen LogP contribution in [0.25, 0.3) is 20.8 Å². The highest BCUT2D eigenvalue weighted by molar-refractivity contribution is 7.22. The van der Waals surface area contributed by atoms with Crippen molar-refractivity contribution >= 4 is 39.2 Å². The fourth-order valence-electron chi connectivity index (χ4n) is 4.51. The highest BCUT2D eigenvalue weighted by atomic mass is 32.1. The van der Waals surface area contributed by atoms with Crippen LogP contribution in [0.5, 0.6) is 11.5 Å². The zero-order valence-electron chi connectivity index (χ0n) is 21.2. The van der Waals surface area contributed by atoms with Crippen molar-refractivity contribution in [2.45, 2.75) is 51.1 Å². The predicted octanol–water partition coefficient (Wildman–Crippen LogP) is 5.17. The molecule has 2 N–H and O–H groups in total. The van der Waals surface area contributed by atoms with Crippen molar-refractivity contribution < 1.29 is 18.7 Å². The Bertz CT molecular complexity index is 1510. The number of carbonyl (C=O) groups is 2. The molecular formula is C27H28FN7O3S. The fourth-order valence-corrected chi connectivity index (χ4v) is 5.53. The summed E-state index contributed by atoms with van der Waals surface area (Å²) in [5.74, 6) is 0.0527. The molecule has 1 aliphatic heterocycles. The van der Waals surface area contributed by atoms with Gasteiger partial charge in [-0.3, -0.25) is 14.5 Å². The van der Waals surface area contributed by atoms with E-state index in [9.17, 15) is 14.0 Å². The summed E-state index contributed by atoms with van der Waals surface area (Å²) in [6, 6.07) is 7.74. The number of aryl methyl sites for hydroxylation is 1. The number of hydrogen-bond acceptors (Lipinski definition) is 7. The van der Waals surface area contributed by atoms with E-state index in [0.29, 0.717) is 35.6 Å². The topological polar surface area (TPSA) is 114 Å². The van der Waals surface area contributed by atoms with Gasteiger partial charge in [-0.1, -0.05) is 5.21 Å². The molecule has 1 saturated carbocycles. The first-order valence-electron chi connectivity index (χ1n) is 13.1. The van der Waals surface area contributed by atoms with Crippen molar-refractivity contribution in [3.8, 4) is 22.1 Å². The van der Waals surface area contributed by atoms with E-state index in [2.05, 4.69) is 25.9 Å². The molecule has 0 spiro atoms. The highest BCUT2D eigenvalue weighted by Gasteiger charge is 2.23. The summed E-state index contributed by atoms with van der Waals surface area (Å²) >= 11 is 1.42. The number of urea groups is 1. The number of nitrogens with zero attached hydrogens (tertiary/aromatic N) is 5. The number of likely N-dealkylation sites (tertiary alicyclic amines) is 1. The molecule has 1 aliphatic carbocycles. The molecule has 4 heterocycles. The number of ether oxygens (including phenoxy) is 1. The molecule has 0 radical (unpaired) electrons. The third-order valence-corrected chi connectivity index (χ3v) is 7.91. The minimum Gasteiger partial charge on any atom is -0.453 e. The molecular weight excluding hydrogens is 521 g/mol. The smallest absolute Gasteiger partial charge is 0.319 e. The van der Waals surface area contributed by atoms with Crippen LogP contribution in [0.4, 0.5) is 14.9 Å². The number of fused-ring (bicyclic) bond motifs is 1. The lowest BCUT2D eigenvalue weighted by Crippen LogP contribution is -2.36. The standard InChI is InChI=1S/C27H28FN7O3S/c28-19-14-18(31-27(37)30-17-4-5-17)6-7-22(19)38-23-8-10-29-20-15-24(39-26(20)23)21-16-35(33-32-21)13-9-25(36)34-11-2-1-3-12-34/h6-8,10,14-17H,1-5,9,11-13H2,(H2,30,31,37). The Hall–Kier alpha value is -4.06. The molecule has 1 aromatic carbocycles. The maximum Gasteiger partial charge on any atom is 0.319 e. The monoisotopic (exact) mass is 549 g/mol. The summed E-state index contributed by atoms with van der Waals surface area (Å²) in [4.78, 5) is 31.6. The van der Waals surface area contributed by atoms with Crippen LogP contribution in [-0.2, 0) is 11.3 Å². The third-order valence-electron chi connectivity index (χ3n) is 6.75. The Morgan fingerprint density at radius 2 is 1.95 bits per heavy atom. The number of benzene rings is 1. The van der Waals surface area contributed by atoms with Gasteiger partial charge in [-0.05, 0) is 50.3 Å². The molecule has 0 unspecified atom stereocenters. The largest absolute Gasteiger partial charge is 0.453 e. The Morgan fingerprint density at radius 3 is 2.74 bits per heavy atom. The summed E-state index contributed by atoms with van der Waals surface area (Å²) in [5, 5.41) is 13.9. The molecule has 10 nitrogen and oxygen atoms in total. The van der Waals surface area contributed by atoms with Crippen LogP contribution in [0.3, 0.4) is 0 Å². The molecule has 0 atom stereocenters. The van der Waals surface area contributed by atoms with Gasteiger partial charge in [0.25, 0.3) is 0 Å². The summed E-state index contributed by atoms with van der Waals surface area (Å²) in [7, 11) is 0. The van der Waals surface area contributed by atoms with Crippen LogP contribution in [0.15, 0.2) is 42.7 Å². The molecule has 3 amide bonds. The van der Waals surface area contributed by atoms with E-state index >= 15 is 0 Å². The van der Waals surface area contributed by atoms with E-state index in [1.54, 1.807) is 23.0 Å². The number of piperidine rings is 1.